The van der Waals surface area contributed by atoms with Gasteiger partial charge in [0.05, 0.1) is 11.7 Å². The summed E-state index contributed by atoms with van der Waals surface area (Å²) in [4.78, 5) is 15.8. The molecule has 1 fully saturated rings. The van der Waals surface area contributed by atoms with E-state index in [0.29, 0.717) is 11.7 Å². The van der Waals surface area contributed by atoms with Crippen LogP contribution in [0.1, 0.15) is 18.7 Å². The zero-order valence-electron chi connectivity index (χ0n) is 10.6. The molecule has 3 N–H and O–H groups in total. The van der Waals surface area contributed by atoms with E-state index in [1.54, 1.807) is 13.1 Å². The maximum Gasteiger partial charge on any atom is 0.244 e. The van der Waals surface area contributed by atoms with E-state index in [1.165, 1.54) is 0 Å². The van der Waals surface area contributed by atoms with Crippen LogP contribution in [-0.2, 0) is 4.79 Å². The highest BCUT2D eigenvalue weighted by atomic mass is 16.4. The number of amides is 1. The molecule has 0 atom stereocenters. The average molecular weight is 257 g/mol. The summed E-state index contributed by atoms with van der Waals surface area (Å²) in [6.07, 6.45) is 3.20. The summed E-state index contributed by atoms with van der Waals surface area (Å²) in [5.41, 5.74) is 6.84. The zero-order chi connectivity index (χ0) is 13.5. The summed E-state index contributed by atoms with van der Waals surface area (Å²) in [7, 11) is 0. The Morgan fingerprint density at radius 1 is 1.37 bits per heavy atom. The summed E-state index contributed by atoms with van der Waals surface area (Å²) in [6.45, 7) is 1.80. The first-order chi connectivity index (χ1) is 9.07. The van der Waals surface area contributed by atoms with Gasteiger partial charge in [-0.25, -0.2) is 4.98 Å². The molecule has 5 heteroatoms. The normalized spacial score (nSPS) is 16.1. The van der Waals surface area contributed by atoms with Crippen molar-refractivity contribution < 1.29 is 9.21 Å². The van der Waals surface area contributed by atoms with E-state index < -0.39 is 5.54 Å². The second-order valence-electron chi connectivity index (χ2n) is 4.93. The molecular weight excluding hydrogens is 242 g/mol. The maximum absolute atomic E-state index is 11.8. The molecule has 0 saturated heterocycles. The number of hydrogen-bond acceptors (Lipinski definition) is 4. The van der Waals surface area contributed by atoms with Crippen LogP contribution in [0.25, 0.3) is 11.3 Å². The van der Waals surface area contributed by atoms with Gasteiger partial charge in [0, 0.05) is 18.2 Å². The van der Waals surface area contributed by atoms with Crippen LogP contribution in [0.3, 0.4) is 0 Å². The number of carbonyl (C=O) groups excluding carboxylic acids is 1. The lowest BCUT2D eigenvalue weighted by atomic mass is 10.1. The average Bonchev–Trinajstić information content (AvgIpc) is 3.01. The number of nitrogens with zero attached hydrogens (tertiary/aromatic N) is 1. The SMILES string of the molecule is Cc1ncc(-c2ccc(NC(=O)C3(N)CC3)cc2)o1. The molecule has 19 heavy (non-hydrogen) atoms. The van der Waals surface area contributed by atoms with Gasteiger partial charge in [-0.05, 0) is 37.1 Å². The molecule has 5 nitrogen and oxygen atoms in total. The molecule has 1 aromatic carbocycles. The Morgan fingerprint density at radius 3 is 2.58 bits per heavy atom. The number of anilines is 1. The van der Waals surface area contributed by atoms with Crippen LogP contribution in [-0.4, -0.2) is 16.4 Å². The number of rotatable bonds is 3. The summed E-state index contributed by atoms with van der Waals surface area (Å²) >= 11 is 0. The van der Waals surface area contributed by atoms with Crippen molar-refractivity contribution in [3.63, 3.8) is 0 Å². The number of nitrogens with two attached hydrogens (primary N) is 1. The summed E-state index contributed by atoms with van der Waals surface area (Å²) < 4.78 is 5.44. The number of aryl methyl sites for hydroxylation is 1. The number of oxazole rings is 1. The molecular formula is C14H15N3O2. The van der Waals surface area contributed by atoms with E-state index in [4.69, 9.17) is 10.2 Å². The Morgan fingerprint density at radius 2 is 2.05 bits per heavy atom. The molecule has 1 aliphatic carbocycles. The van der Waals surface area contributed by atoms with Crippen molar-refractivity contribution in [2.45, 2.75) is 25.3 Å². The Kier molecular flexibility index (Phi) is 2.64. The Bertz CT molecular complexity index is 612. The minimum Gasteiger partial charge on any atom is -0.441 e. The molecule has 0 radical (unpaired) electrons. The third-order valence-electron chi connectivity index (χ3n) is 3.29. The van der Waals surface area contributed by atoms with Crippen LogP contribution in [0.2, 0.25) is 0 Å². The van der Waals surface area contributed by atoms with Gasteiger partial charge in [-0.3, -0.25) is 4.79 Å². The van der Waals surface area contributed by atoms with Gasteiger partial charge in [-0.1, -0.05) is 0 Å². The van der Waals surface area contributed by atoms with Gasteiger partial charge in [-0.15, -0.1) is 0 Å². The molecule has 2 aromatic rings. The quantitative estimate of drug-likeness (QED) is 0.882. The Balaban J connectivity index is 1.74. The van der Waals surface area contributed by atoms with E-state index in [-0.39, 0.29) is 5.91 Å². The minimum atomic E-state index is -0.652. The topological polar surface area (TPSA) is 81.2 Å². The summed E-state index contributed by atoms with van der Waals surface area (Å²) in [5, 5.41) is 2.82. The third kappa shape index (κ3) is 2.37. The number of benzene rings is 1. The van der Waals surface area contributed by atoms with E-state index in [0.717, 1.165) is 24.1 Å². The van der Waals surface area contributed by atoms with Crippen LogP contribution < -0.4 is 11.1 Å². The van der Waals surface area contributed by atoms with Crippen molar-refractivity contribution in [2.24, 2.45) is 5.73 Å². The standard InChI is InChI=1S/C14H15N3O2/c1-9-16-8-12(19-9)10-2-4-11(5-3-10)17-13(18)14(15)6-7-14/h2-5,8H,6-7,15H2,1H3,(H,17,18). The van der Waals surface area contributed by atoms with Gasteiger partial charge in [0.1, 0.15) is 0 Å². The van der Waals surface area contributed by atoms with Crippen molar-refractivity contribution in [2.75, 3.05) is 5.32 Å². The number of aromatic nitrogens is 1. The highest BCUT2D eigenvalue weighted by Gasteiger charge is 2.45. The second-order valence-corrected chi connectivity index (χ2v) is 4.93. The monoisotopic (exact) mass is 257 g/mol. The van der Waals surface area contributed by atoms with E-state index in [2.05, 4.69) is 10.3 Å². The first-order valence-corrected chi connectivity index (χ1v) is 6.20. The lowest BCUT2D eigenvalue weighted by Crippen LogP contribution is -2.37. The first kappa shape index (κ1) is 11.9. The van der Waals surface area contributed by atoms with Crippen LogP contribution in [0.15, 0.2) is 34.9 Å². The smallest absolute Gasteiger partial charge is 0.244 e. The molecule has 3 rings (SSSR count). The molecule has 1 amide bonds. The molecule has 0 bridgehead atoms. The summed E-state index contributed by atoms with van der Waals surface area (Å²) in [6, 6.07) is 7.42. The van der Waals surface area contributed by atoms with Crippen molar-refractivity contribution >= 4 is 11.6 Å². The van der Waals surface area contributed by atoms with Crippen LogP contribution >= 0.6 is 0 Å². The number of hydrogen-bond donors (Lipinski definition) is 2. The second kappa shape index (κ2) is 4.20. The fraction of sp³-hybridized carbons (Fsp3) is 0.286. The molecule has 0 spiro atoms. The molecule has 1 aliphatic rings. The van der Waals surface area contributed by atoms with Gasteiger partial charge < -0.3 is 15.5 Å². The largest absolute Gasteiger partial charge is 0.441 e. The number of carbonyl (C=O) groups is 1. The molecule has 0 aliphatic heterocycles. The highest BCUT2D eigenvalue weighted by Crippen LogP contribution is 2.33. The fourth-order valence-electron chi connectivity index (χ4n) is 1.83. The van der Waals surface area contributed by atoms with Crippen molar-refractivity contribution in [3.8, 4) is 11.3 Å². The predicted octanol–water partition coefficient (Wildman–Crippen LogP) is 2.08. The lowest BCUT2D eigenvalue weighted by molar-refractivity contribution is -0.118. The van der Waals surface area contributed by atoms with Crippen LogP contribution in [0, 0.1) is 6.92 Å². The molecule has 98 valence electrons. The van der Waals surface area contributed by atoms with Crippen molar-refractivity contribution in [1.82, 2.24) is 4.98 Å². The maximum atomic E-state index is 11.8. The van der Waals surface area contributed by atoms with Gasteiger partial charge in [-0.2, -0.15) is 0 Å². The third-order valence-corrected chi connectivity index (χ3v) is 3.29. The molecule has 1 aromatic heterocycles. The fourth-order valence-corrected chi connectivity index (χ4v) is 1.83. The summed E-state index contributed by atoms with van der Waals surface area (Å²) in [5.74, 6) is 1.23. The molecule has 0 unspecified atom stereocenters. The zero-order valence-corrected chi connectivity index (χ0v) is 10.6. The van der Waals surface area contributed by atoms with Crippen LogP contribution in [0.4, 0.5) is 5.69 Å². The number of nitrogens with one attached hydrogen (secondary N) is 1. The van der Waals surface area contributed by atoms with E-state index >= 15 is 0 Å². The first-order valence-electron chi connectivity index (χ1n) is 6.20. The predicted molar refractivity (Wildman–Crippen MR) is 71.5 cm³/mol. The van der Waals surface area contributed by atoms with E-state index in [1.807, 2.05) is 24.3 Å². The van der Waals surface area contributed by atoms with Crippen LogP contribution in [0.5, 0.6) is 0 Å². The molecule has 1 heterocycles. The minimum absolute atomic E-state index is 0.115. The lowest BCUT2D eigenvalue weighted by Gasteiger charge is -2.10. The Hall–Kier alpha value is -2.14. The highest BCUT2D eigenvalue weighted by molar-refractivity contribution is 6.00. The Labute approximate surface area is 110 Å². The van der Waals surface area contributed by atoms with Gasteiger partial charge in [0.25, 0.3) is 0 Å². The van der Waals surface area contributed by atoms with Gasteiger partial charge >= 0.3 is 0 Å². The molecule has 1 saturated carbocycles. The van der Waals surface area contributed by atoms with Crippen molar-refractivity contribution in [3.05, 3.63) is 36.4 Å². The van der Waals surface area contributed by atoms with Gasteiger partial charge in [0.15, 0.2) is 11.7 Å². The van der Waals surface area contributed by atoms with E-state index in [9.17, 15) is 4.79 Å². The van der Waals surface area contributed by atoms with Crippen molar-refractivity contribution in [1.29, 1.82) is 0 Å². The van der Waals surface area contributed by atoms with Gasteiger partial charge in [0.2, 0.25) is 5.91 Å².